The van der Waals surface area contributed by atoms with Crippen LogP contribution in [0.5, 0.6) is 0 Å². The molecule has 0 amide bonds. The average molecular weight is 280 g/mol. The van der Waals surface area contributed by atoms with Gasteiger partial charge in [0, 0.05) is 6.92 Å². The number of rotatable bonds is 13. The zero-order valence-corrected chi connectivity index (χ0v) is 13.4. The molecular formula is C18H32O2. The molecule has 0 fully saturated rings. The molecule has 0 rings (SSSR count). The second-order valence-electron chi connectivity index (χ2n) is 5.25. The third-order valence-electron chi connectivity index (χ3n) is 3.18. The molecule has 0 aliphatic rings. The quantitative estimate of drug-likeness (QED) is 0.250. The highest BCUT2D eigenvalue weighted by Gasteiger charge is 1.92. The van der Waals surface area contributed by atoms with Gasteiger partial charge in [0.25, 0.3) is 0 Å². The van der Waals surface area contributed by atoms with Crippen molar-refractivity contribution in [3.8, 4) is 0 Å². The fourth-order valence-corrected chi connectivity index (χ4v) is 1.97. The van der Waals surface area contributed by atoms with Crippen LogP contribution < -0.4 is 0 Å². The van der Waals surface area contributed by atoms with Crippen molar-refractivity contribution < 1.29 is 9.53 Å². The number of esters is 1. The van der Waals surface area contributed by atoms with Crippen molar-refractivity contribution in [2.75, 3.05) is 6.61 Å². The molecule has 116 valence electrons. The summed E-state index contributed by atoms with van der Waals surface area (Å²) in [5.74, 6) is -0.172. The maximum atomic E-state index is 10.5. The van der Waals surface area contributed by atoms with Crippen LogP contribution in [0.25, 0.3) is 0 Å². The predicted octanol–water partition coefficient (Wildman–Crippen LogP) is 5.58. The molecule has 0 unspecified atom stereocenters. The lowest BCUT2D eigenvalue weighted by molar-refractivity contribution is -0.141. The Hall–Kier alpha value is -1.05. The Labute approximate surface area is 125 Å². The molecule has 20 heavy (non-hydrogen) atoms. The molecule has 0 aromatic heterocycles. The summed E-state index contributed by atoms with van der Waals surface area (Å²) in [5, 5.41) is 0. The summed E-state index contributed by atoms with van der Waals surface area (Å²) in [6.07, 6.45) is 21.1. The van der Waals surface area contributed by atoms with E-state index in [1.807, 2.05) is 0 Å². The highest BCUT2D eigenvalue weighted by molar-refractivity contribution is 5.65. The van der Waals surface area contributed by atoms with Crippen LogP contribution in [0.1, 0.15) is 78.1 Å². The van der Waals surface area contributed by atoms with Crippen molar-refractivity contribution in [3.05, 3.63) is 24.3 Å². The monoisotopic (exact) mass is 280 g/mol. The van der Waals surface area contributed by atoms with Gasteiger partial charge in [-0.25, -0.2) is 0 Å². The van der Waals surface area contributed by atoms with Gasteiger partial charge in [0.1, 0.15) is 0 Å². The van der Waals surface area contributed by atoms with Crippen LogP contribution >= 0.6 is 0 Å². The number of hydrogen-bond donors (Lipinski definition) is 0. The van der Waals surface area contributed by atoms with E-state index in [1.165, 1.54) is 51.9 Å². The summed E-state index contributed by atoms with van der Waals surface area (Å²) < 4.78 is 4.89. The molecule has 0 spiro atoms. The Morgan fingerprint density at radius 3 is 1.95 bits per heavy atom. The van der Waals surface area contributed by atoms with Gasteiger partial charge in [-0.15, -0.1) is 0 Å². The van der Waals surface area contributed by atoms with Crippen LogP contribution in [0.4, 0.5) is 0 Å². The fraction of sp³-hybridized carbons (Fsp3) is 0.722. The van der Waals surface area contributed by atoms with Gasteiger partial charge in [-0.2, -0.15) is 0 Å². The number of hydrogen-bond acceptors (Lipinski definition) is 2. The smallest absolute Gasteiger partial charge is 0.302 e. The fourth-order valence-electron chi connectivity index (χ4n) is 1.97. The maximum Gasteiger partial charge on any atom is 0.302 e. The number of carbonyl (C=O) groups is 1. The third-order valence-corrected chi connectivity index (χ3v) is 3.18. The van der Waals surface area contributed by atoms with Gasteiger partial charge in [-0.05, 0) is 32.1 Å². The minimum absolute atomic E-state index is 0.172. The molecule has 0 radical (unpaired) electrons. The SMILES string of the molecule is CCCCCCC=CC=CCCCCCCOC(C)=O. The van der Waals surface area contributed by atoms with Crippen molar-refractivity contribution in [1.82, 2.24) is 0 Å². The predicted molar refractivity (Wildman–Crippen MR) is 86.8 cm³/mol. The summed E-state index contributed by atoms with van der Waals surface area (Å²) in [6.45, 7) is 4.28. The molecule has 0 saturated heterocycles. The highest BCUT2D eigenvalue weighted by atomic mass is 16.5. The van der Waals surface area contributed by atoms with Crippen LogP contribution in [0.2, 0.25) is 0 Å². The first-order valence-electron chi connectivity index (χ1n) is 8.22. The van der Waals surface area contributed by atoms with E-state index in [0.29, 0.717) is 6.61 Å². The molecule has 0 heterocycles. The van der Waals surface area contributed by atoms with Crippen LogP contribution in [-0.2, 0) is 9.53 Å². The topological polar surface area (TPSA) is 26.3 Å². The Balaban J connectivity index is 3.19. The second kappa shape index (κ2) is 16.0. The molecule has 0 bridgehead atoms. The summed E-state index contributed by atoms with van der Waals surface area (Å²) in [4.78, 5) is 10.5. The second-order valence-corrected chi connectivity index (χ2v) is 5.25. The van der Waals surface area contributed by atoms with Crippen LogP contribution in [0.15, 0.2) is 24.3 Å². The van der Waals surface area contributed by atoms with Gasteiger partial charge in [-0.1, -0.05) is 63.3 Å². The van der Waals surface area contributed by atoms with E-state index in [9.17, 15) is 4.79 Å². The van der Waals surface area contributed by atoms with E-state index in [-0.39, 0.29) is 5.97 Å². The first-order valence-corrected chi connectivity index (χ1v) is 8.22. The van der Waals surface area contributed by atoms with Crippen molar-refractivity contribution in [2.24, 2.45) is 0 Å². The number of carbonyl (C=O) groups excluding carboxylic acids is 1. The molecule has 0 aliphatic heterocycles. The number of ether oxygens (including phenoxy) is 1. The van der Waals surface area contributed by atoms with Gasteiger partial charge < -0.3 is 4.74 Å². The van der Waals surface area contributed by atoms with Gasteiger partial charge in [0.2, 0.25) is 0 Å². The Kier molecular flexibility index (Phi) is 15.2. The normalized spacial score (nSPS) is 11.5. The highest BCUT2D eigenvalue weighted by Crippen LogP contribution is 2.05. The molecule has 0 aliphatic carbocycles. The van der Waals surface area contributed by atoms with E-state index < -0.39 is 0 Å². The van der Waals surface area contributed by atoms with E-state index in [0.717, 1.165) is 19.3 Å². The van der Waals surface area contributed by atoms with Crippen LogP contribution in [0, 0.1) is 0 Å². The molecule has 0 aromatic carbocycles. The standard InChI is InChI=1S/C18H32O2/c1-3-4-5-6-7-8-9-10-11-12-13-14-15-16-17-20-18(2)19/h8-11H,3-7,12-17H2,1-2H3. The lowest BCUT2D eigenvalue weighted by Crippen LogP contribution is -1.99. The van der Waals surface area contributed by atoms with Crippen LogP contribution in [0.3, 0.4) is 0 Å². The zero-order valence-electron chi connectivity index (χ0n) is 13.4. The minimum atomic E-state index is -0.172. The van der Waals surface area contributed by atoms with E-state index >= 15 is 0 Å². The Morgan fingerprint density at radius 1 is 0.850 bits per heavy atom. The molecule has 0 atom stereocenters. The van der Waals surface area contributed by atoms with Gasteiger partial charge in [-0.3, -0.25) is 4.79 Å². The lowest BCUT2D eigenvalue weighted by atomic mass is 10.1. The molecule has 0 aromatic rings. The molecule has 0 saturated carbocycles. The minimum Gasteiger partial charge on any atom is -0.466 e. The van der Waals surface area contributed by atoms with Crippen molar-refractivity contribution >= 4 is 5.97 Å². The summed E-state index contributed by atoms with van der Waals surface area (Å²) in [6, 6.07) is 0. The summed E-state index contributed by atoms with van der Waals surface area (Å²) >= 11 is 0. The van der Waals surface area contributed by atoms with Crippen molar-refractivity contribution in [1.29, 1.82) is 0 Å². The molecule has 2 heteroatoms. The Morgan fingerprint density at radius 2 is 1.40 bits per heavy atom. The largest absolute Gasteiger partial charge is 0.466 e. The van der Waals surface area contributed by atoms with Gasteiger partial charge >= 0.3 is 5.97 Å². The summed E-state index contributed by atoms with van der Waals surface area (Å²) in [5.41, 5.74) is 0. The van der Waals surface area contributed by atoms with Crippen molar-refractivity contribution in [2.45, 2.75) is 78.1 Å². The first kappa shape index (κ1) is 18.9. The zero-order chi connectivity index (χ0) is 14.9. The number of unbranched alkanes of at least 4 members (excludes halogenated alkanes) is 8. The van der Waals surface area contributed by atoms with Gasteiger partial charge in [0.15, 0.2) is 0 Å². The Bertz CT molecular complexity index is 267. The summed E-state index contributed by atoms with van der Waals surface area (Å²) in [7, 11) is 0. The lowest BCUT2D eigenvalue weighted by Gasteiger charge is -2.00. The van der Waals surface area contributed by atoms with Crippen LogP contribution in [-0.4, -0.2) is 12.6 Å². The van der Waals surface area contributed by atoms with E-state index in [1.54, 1.807) is 0 Å². The molecule has 0 N–H and O–H groups in total. The van der Waals surface area contributed by atoms with Crippen molar-refractivity contribution in [3.63, 3.8) is 0 Å². The number of allylic oxidation sites excluding steroid dienone is 4. The van der Waals surface area contributed by atoms with E-state index in [2.05, 4.69) is 31.2 Å². The average Bonchev–Trinajstić information content (AvgIpc) is 2.43. The first-order chi connectivity index (χ1) is 9.77. The third kappa shape index (κ3) is 16.9. The van der Waals surface area contributed by atoms with E-state index in [4.69, 9.17) is 4.74 Å². The molecule has 2 nitrogen and oxygen atoms in total. The molecular weight excluding hydrogens is 248 g/mol. The maximum absolute atomic E-state index is 10.5. The van der Waals surface area contributed by atoms with Gasteiger partial charge in [0.05, 0.1) is 6.61 Å².